The van der Waals surface area contributed by atoms with Crippen molar-refractivity contribution in [3.05, 3.63) is 59.7 Å². The third-order valence-corrected chi connectivity index (χ3v) is 3.94. The summed E-state index contributed by atoms with van der Waals surface area (Å²) in [6.45, 7) is 0.396. The fraction of sp³-hybridized carbons (Fsp3) is 0.294. The van der Waals surface area contributed by atoms with Crippen LogP contribution in [0.3, 0.4) is 0 Å². The summed E-state index contributed by atoms with van der Waals surface area (Å²) >= 11 is 0. The second kappa shape index (κ2) is 6.05. The highest BCUT2D eigenvalue weighted by Gasteiger charge is 2.38. The van der Waals surface area contributed by atoms with Gasteiger partial charge < -0.3 is 4.90 Å². The van der Waals surface area contributed by atoms with Crippen LogP contribution in [-0.2, 0) is 22.4 Å². The maximum absolute atomic E-state index is 12.0. The highest BCUT2D eigenvalue weighted by atomic mass is 16.2. The first-order chi connectivity index (χ1) is 10.6. The van der Waals surface area contributed by atoms with Gasteiger partial charge in [0.15, 0.2) is 0 Å². The topological polar surface area (TPSA) is 63.2 Å². The van der Waals surface area contributed by atoms with Gasteiger partial charge in [-0.05, 0) is 24.5 Å². The van der Waals surface area contributed by atoms with Crippen LogP contribution in [0.1, 0.15) is 22.9 Å². The predicted octanol–water partition coefficient (Wildman–Crippen LogP) is 1.39. The Morgan fingerprint density at radius 2 is 1.91 bits per heavy atom. The number of carbonyl (C=O) groups is 2. The van der Waals surface area contributed by atoms with Crippen molar-refractivity contribution < 1.29 is 9.59 Å². The second-order valence-corrected chi connectivity index (χ2v) is 5.52. The van der Waals surface area contributed by atoms with Crippen molar-refractivity contribution in [1.82, 2.24) is 14.9 Å². The number of likely N-dealkylation sites (tertiary alicyclic amines) is 1. The average Bonchev–Trinajstić information content (AvgIpc) is 2.82. The minimum atomic E-state index is -0.462. The molecular formula is C17H17N3O2. The first-order valence-corrected chi connectivity index (χ1v) is 7.29. The number of amides is 1. The van der Waals surface area contributed by atoms with Gasteiger partial charge in [0.25, 0.3) is 5.91 Å². The zero-order valence-corrected chi connectivity index (χ0v) is 12.4. The molecule has 1 amide bonds. The Morgan fingerprint density at radius 3 is 2.59 bits per heavy atom. The van der Waals surface area contributed by atoms with Gasteiger partial charge in [-0.25, -0.2) is 9.97 Å². The van der Waals surface area contributed by atoms with Gasteiger partial charge in [0.2, 0.25) is 5.78 Å². The summed E-state index contributed by atoms with van der Waals surface area (Å²) in [4.78, 5) is 33.5. The van der Waals surface area contributed by atoms with E-state index in [2.05, 4.69) is 22.1 Å². The second-order valence-electron chi connectivity index (χ2n) is 5.52. The maximum Gasteiger partial charge on any atom is 0.290 e. The van der Waals surface area contributed by atoms with Crippen molar-refractivity contribution in [2.75, 3.05) is 13.6 Å². The third-order valence-electron chi connectivity index (χ3n) is 3.94. The molecule has 0 saturated carbocycles. The number of ketones is 1. The molecule has 5 heteroatoms. The van der Waals surface area contributed by atoms with Gasteiger partial charge in [-0.3, -0.25) is 9.59 Å². The number of rotatable bonds is 4. The molecule has 0 spiro atoms. The number of nitrogens with zero attached hydrogens (tertiary/aromatic N) is 3. The van der Waals surface area contributed by atoms with Crippen molar-refractivity contribution in [3.8, 4) is 0 Å². The Kier molecular flexibility index (Phi) is 3.96. The van der Waals surface area contributed by atoms with Crippen LogP contribution in [0.5, 0.6) is 0 Å². The van der Waals surface area contributed by atoms with Crippen molar-refractivity contribution in [3.63, 3.8) is 0 Å². The van der Waals surface area contributed by atoms with Gasteiger partial charge >= 0.3 is 0 Å². The lowest BCUT2D eigenvalue weighted by Crippen LogP contribution is -2.22. The summed E-state index contributed by atoms with van der Waals surface area (Å²) in [5.74, 6) is -1.28. The Balaban J connectivity index is 1.73. The lowest BCUT2D eigenvalue weighted by molar-refractivity contribution is -0.139. The van der Waals surface area contributed by atoms with Crippen LogP contribution in [0.15, 0.2) is 42.7 Å². The molecule has 0 N–H and O–H groups in total. The number of aryl methyl sites for hydroxylation is 2. The van der Waals surface area contributed by atoms with E-state index in [1.54, 1.807) is 7.05 Å². The largest absolute Gasteiger partial charge is 0.338 e. The minimum Gasteiger partial charge on any atom is -0.338 e. The van der Waals surface area contributed by atoms with Crippen LogP contribution in [0, 0.1) is 0 Å². The Labute approximate surface area is 129 Å². The van der Waals surface area contributed by atoms with E-state index in [9.17, 15) is 9.59 Å². The molecule has 2 heterocycles. The van der Waals surface area contributed by atoms with Gasteiger partial charge in [-0.1, -0.05) is 30.3 Å². The van der Waals surface area contributed by atoms with E-state index in [1.807, 2.05) is 24.3 Å². The fourth-order valence-electron chi connectivity index (χ4n) is 2.66. The maximum atomic E-state index is 12.0. The van der Waals surface area contributed by atoms with Gasteiger partial charge in [-0.2, -0.15) is 0 Å². The molecule has 2 aromatic rings. The van der Waals surface area contributed by atoms with Crippen molar-refractivity contribution in [1.29, 1.82) is 0 Å². The zero-order valence-electron chi connectivity index (χ0n) is 12.4. The quantitative estimate of drug-likeness (QED) is 0.800. The lowest BCUT2D eigenvalue weighted by Gasteiger charge is -2.09. The molecule has 1 unspecified atom stereocenters. The highest BCUT2D eigenvalue weighted by molar-refractivity contribution is 6.40. The summed E-state index contributed by atoms with van der Waals surface area (Å²) in [6, 6.07) is 12.0. The molecule has 1 atom stereocenters. The summed E-state index contributed by atoms with van der Waals surface area (Å²) in [5, 5.41) is 0. The molecule has 1 aromatic carbocycles. The van der Waals surface area contributed by atoms with Crippen LogP contribution in [-0.4, -0.2) is 40.2 Å². The number of aromatic nitrogens is 2. The third kappa shape index (κ3) is 2.88. The van der Waals surface area contributed by atoms with Crippen molar-refractivity contribution in [2.24, 2.45) is 0 Å². The monoisotopic (exact) mass is 295 g/mol. The molecule has 0 radical (unpaired) electrons. The number of Topliss-reactive ketones (excluding diaryl/α,β-unsaturated/α-hetero) is 1. The normalized spacial score (nSPS) is 18.0. The summed E-state index contributed by atoms with van der Waals surface area (Å²) in [6.07, 6.45) is 3.14. The van der Waals surface area contributed by atoms with E-state index in [1.165, 1.54) is 16.8 Å². The van der Waals surface area contributed by atoms with Crippen LogP contribution in [0.25, 0.3) is 0 Å². The molecule has 1 fully saturated rings. The number of carbonyl (C=O) groups excluding carboxylic acids is 2. The van der Waals surface area contributed by atoms with Gasteiger partial charge in [0, 0.05) is 19.3 Å². The molecule has 0 bridgehead atoms. The first kappa shape index (κ1) is 14.4. The molecule has 5 nitrogen and oxygen atoms in total. The molecule has 1 aromatic heterocycles. The molecule has 1 aliphatic heterocycles. The summed E-state index contributed by atoms with van der Waals surface area (Å²) < 4.78 is 0. The zero-order chi connectivity index (χ0) is 15.5. The van der Waals surface area contributed by atoms with Crippen LogP contribution >= 0.6 is 0 Å². The highest BCUT2D eigenvalue weighted by Crippen LogP contribution is 2.23. The molecular weight excluding hydrogens is 278 g/mol. The number of hydrogen-bond donors (Lipinski definition) is 0. The first-order valence-electron chi connectivity index (χ1n) is 7.29. The molecule has 3 rings (SSSR count). The van der Waals surface area contributed by atoms with E-state index in [0.717, 1.165) is 18.5 Å². The number of hydrogen-bond acceptors (Lipinski definition) is 4. The fourth-order valence-corrected chi connectivity index (χ4v) is 2.66. The van der Waals surface area contributed by atoms with Crippen molar-refractivity contribution >= 4 is 11.7 Å². The Bertz CT molecular complexity index is 700. The molecule has 0 aliphatic carbocycles. The van der Waals surface area contributed by atoms with E-state index in [4.69, 9.17) is 0 Å². The molecule has 1 aliphatic rings. The van der Waals surface area contributed by atoms with Crippen LogP contribution < -0.4 is 0 Å². The van der Waals surface area contributed by atoms with Gasteiger partial charge in [-0.15, -0.1) is 0 Å². The average molecular weight is 295 g/mol. The molecule has 1 saturated heterocycles. The smallest absolute Gasteiger partial charge is 0.290 e. The van der Waals surface area contributed by atoms with E-state index < -0.39 is 11.8 Å². The van der Waals surface area contributed by atoms with Gasteiger partial charge in [0.1, 0.15) is 6.33 Å². The Hall–Kier alpha value is -2.56. The van der Waals surface area contributed by atoms with Crippen LogP contribution in [0.4, 0.5) is 0 Å². The number of benzene rings is 1. The summed E-state index contributed by atoms with van der Waals surface area (Å²) in [5.41, 5.74) is 2.78. The minimum absolute atomic E-state index is 0.379. The SMILES string of the molecule is CN1CC(c2cc(CCc3ccccc3)ncn2)C(=O)C1=O. The van der Waals surface area contributed by atoms with E-state index >= 15 is 0 Å². The Morgan fingerprint density at radius 1 is 1.14 bits per heavy atom. The summed E-state index contributed by atoms with van der Waals surface area (Å²) in [7, 11) is 1.64. The standard InChI is InChI=1S/C17H17N3O2/c1-20-10-14(16(21)17(20)22)15-9-13(18-11-19-15)8-7-12-5-3-2-4-6-12/h2-6,9,11,14H,7-8,10H2,1H3. The van der Waals surface area contributed by atoms with Gasteiger partial charge in [0.05, 0.1) is 11.6 Å². The van der Waals surface area contributed by atoms with E-state index in [0.29, 0.717) is 12.2 Å². The van der Waals surface area contributed by atoms with E-state index in [-0.39, 0.29) is 5.78 Å². The van der Waals surface area contributed by atoms with Crippen molar-refractivity contribution in [2.45, 2.75) is 18.8 Å². The molecule has 22 heavy (non-hydrogen) atoms. The number of likely N-dealkylation sites (N-methyl/N-ethyl adjacent to an activating group) is 1. The predicted molar refractivity (Wildman–Crippen MR) is 81.3 cm³/mol. The van der Waals surface area contributed by atoms with Crippen LogP contribution in [0.2, 0.25) is 0 Å². The lowest BCUT2D eigenvalue weighted by atomic mass is 10.0. The molecule has 112 valence electrons.